The van der Waals surface area contributed by atoms with Gasteiger partial charge in [0.15, 0.2) is 11.0 Å². The lowest BCUT2D eigenvalue weighted by atomic mass is 9.95. The Balaban J connectivity index is 1.43. The smallest absolute Gasteiger partial charge is 0.407 e. The molecule has 13 heteroatoms. The maximum Gasteiger partial charge on any atom is 0.407 e. The number of halogens is 4. The van der Waals surface area contributed by atoms with Gasteiger partial charge in [-0.25, -0.2) is 18.6 Å². The largest absolute Gasteiger partial charge is 0.465 e. The zero-order valence-corrected chi connectivity index (χ0v) is 23.0. The Hall–Kier alpha value is -2.31. The third kappa shape index (κ3) is 4.10. The van der Waals surface area contributed by atoms with Crippen LogP contribution in [0.4, 0.5) is 19.4 Å². The maximum atomic E-state index is 15.4. The fourth-order valence-electron chi connectivity index (χ4n) is 7.02. The average Bonchev–Trinajstić information content (AvgIpc) is 3.51. The molecular formula is C25H28BrClF2N6O3. The molecule has 0 radical (unpaired) electrons. The van der Waals surface area contributed by atoms with Crippen molar-refractivity contribution in [2.75, 3.05) is 31.1 Å². The number of anilines is 1. The van der Waals surface area contributed by atoms with Gasteiger partial charge in [0.25, 0.3) is 0 Å². The van der Waals surface area contributed by atoms with E-state index in [1.165, 1.54) is 4.90 Å². The van der Waals surface area contributed by atoms with Crippen molar-refractivity contribution in [3.05, 3.63) is 28.2 Å². The third-order valence-electron chi connectivity index (χ3n) is 8.59. The first-order valence-electron chi connectivity index (χ1n) is 12.9. The number of ether oxygens (including phenoxy) is 1. The summed E-state index contributed by atoms with van der Waals surface area (Å²) in [4.78, 5) is 30.9. The highest BCUT2D eigenvalue weighted by Gasteiger charge is 2.50. The standard InChI is InChI=1S/C25H28BrClF2N6O3/c1-2-4-15-16-6-5-14(35(16)24(36)37)11-34(15)22-17-19(18(29)21(27)31-20(17)26)30-23(32-22)38-12-25-7-3-8-33(25)10-13(28)9-25/h2,13-16H,1,3-12H2,(H,36,37)/t13-,14-,15-,16+,25+/m1/s1. The molecule has 204 valence electrons. The maximum absolute atomic E-state index is 15.4. The Bertz CT molecular complexity index is 1310. The zero-order chi connectivity index (χ0) is 26.8. The SMILES string of the molecule is C=CC[C@@H]1[C@@H]2CC[C@H](CN1c1nc(OC[C@@]34CCCN3C[C@H](F)C4)nc3c(F)c(Cl)nc(Br)c13)N2C(=O)O. The van der Waals surface area contributed by atoms with E-state index in [-0.39, 0.29) is 46.0 Å². The van der Waals surface area contributed by atoms with Crippen LogP contribution in [0.3, 0.4) is 0 Å². The highest BCUT2D eigenvalue weighted by atomic mass is 79.9. The summed E-state index contributed by atoms with van der Waals surface area (Å²) in [5.41, 5.74) is -0.470. The van der Waals surface area contributed by atoms with Crippen molar-refractivity contribution < 1.29 is 23.4 Å². The van der Waals surface area contributed by atoms with Crippen LogP contribution in [-0.2, 0) is 0 Å². The van der Waals surface area contributed by atoms with E-state index in [1.807, 2.05) is 4.90 Å². The second-order valence-electron chi connectivity index (χ2n) is 10.7. The van der Waals surface area contributed by atoms with Crippen molar-refractivity contribution >= 4 is 50.3 Å². The van der Waals surface area contributed by atoms with E-state index >= 15 is 4.39 Å². The zero-order valence-electron chi connectivity index (χ0n) is 20.6. The molecule has 2 aromatic rings. The number of nitrogens with zero attached hydrogens (tertiary/aromatic N) is 6. The molecule has 0 aliphatic carbocycles. The number of carbonyl (C=O) groups is 1. The van der Waals surface area contributed by atoms with Crippen LogP contribution in [0.1, 0.15) is 38.5 Å². The lowest BCUT2D eigenvalue weighted by Crippen LogP contribution is -2.61. The molecule has 9 nitrogen and oxygen atoms in total. The minimum Gasteiger partial charge on any atom is -0.465 e. The Morgan fingerprint density at radius 3 is 2.89 bits per heavy atom. The van der Waals surface area contributed by atoms with Crippen LogP contribution in [0.15, 0.2) is 17.3 Å². The van der Waals surface area contributed by atoms with Gasteiger partial charge in [-0.3, -0.25) is 9.80 Å². The van der Waals surface area contributed by atoms with E-state index in [2.05, 4.69) is 37.4 Å². The highest BCUT2D eigenvalue weighted by Crippen LogP contribution is 2.43. The molecule has 0 spiro atoms. The number of amides is 1. The molecule has 4 fully saturated rings. The first-order chi connectivity index (χ1) is 18.2. The van der Waals surface area contributed by atoms with Crippen LogP contribution < -0.4 is 9.64 Å². The van der Waals surface area contributed by atoms with Crippen molar-refractivity contribution in [2.45, 2.75) is 68.4 Å². The van der Waals surface area contributed by atoms with Crippen LogP contribution in [-0.4, -0.2) is 92.0 Å². The Morgan fingerprint density at radius 1 is 1.32 bits per heavy atom. The number of aromatic nitrogens is 3. The van der Waals surface area contributed by atoms with E-state index in [0.29, 0.717) is 43.6 Å². The molecule has 38 heavy (non-hydrogen) atoms. The molecule has 1 amide bonds. The number of fused-ring (bicyclic) bond motifs is 4. The monoisotopic (exact) mass is 612 g/mol. The molecule has 0 unspecified atom stereocenters. The molecule has 6 rings (SSSR count). The summed E-state index contributed by atoms with van der Waals surface area (Å²) in [6.45, 7) is 5.64. The van der Waals surface area contributed by atoms with Crippen molar-refractivity contribution in [1.29, 1.82) is 0 Å². The molecule has 6 heterocycles. The molecular weight excluding hydrogens is 586 g/mol. The van der Waals surface area contributed by atoms with Crippen LogP contribution in [0.25, 0.3) is 10.9 Å². The second kappa shape index (κ2) is 9.71. The number of alkyl halides is 1. The highest BCUT2D eigenvalue weighted by molar-refractivity contribution is 9.10. The molecule has 0 saturated carbocycles. The summed E-state index contributed by atoms with van der Waals surface area (Å²) in [7, 11) is 0. The van der Waals surface area contributed by atoms with Crippen LogP contribution in [0, 0.1) is 5.82 Å². The first kappa shape index (κ1) is 25.9. The summed E-state index contributed by atoms with van der Waals surface area (Å²) in [6, 6.07) is -0.810. The lowest BCUT2D eigenvalue weighted by molar-refractivity contribution is 0.101. The lowest BCUT2D eigenvalue weighted by Gasteiger charge is -2.46. The topological polar surface area (TPSA) is 94.9 Å². The first-order valence-corrected chi connectivity index (χ1v) is 14.0. The molecule has 2 bridgehead atoms. The normalized spacial score (nSPS) is 30.7. The Morgan fingerprint density at radius 2 is 2.13 bits per heavy atom. The van der Waals surface area contributed by atoms with E-state index < -0.39 is 23.6 Å². The molecule has 0 aromatic carbocycles. The van der Waals surface area contributed by atoms with Gasteiger partial charge in [-0.2, -0.15) is 9.97 Å². The van der Waals surface area contributed by atoms with E-state index in [0.717, 1.165) is 25.8 Å². The molecule has 2 aromatic heterocycles. The van der Waals surface area contributed by atoms with Gasteiger partial charge in [-0.1, -0.05) is 17.7 Å². The van der Waals surface area contributed by atoms with Crippen molar-refractivity contribution in [3.8, 4) is 6.01 Å². The number of pyridine rings is 1. The van der Waals surface area contributed by atoms with Gasteiger partial charge in [-0.15, -0.1) is 6.58 Å². The molecule has 5 atom stereocenters. The third-order valence-corrected chi connectivity index (χ3v) is 9.42. The molecule has 4 aliphatic heterocycles. The quantitative estimate of drug-likeness (QED) is 0.367. The Kier molecular flexibility index (Phi) is 6.63. The van der Waals surface area contributed by atoms with Crippen LogP contribution in [0.2, 0.25) is 5.15 Å². The van der Waals surface area contributed by atoms with Gasteiger partial charge in [0.1, 0.15) is 28.7 Å². The minimum absolute atomic E-state index is 0.0329. The number of hydrogen-bond acceptors (Lipinski definition) is 7. The number of rotatable bonds is 6. The molecule has 4 saturated heterocycles. The molecule has 4 aliphatic rings. The summed E-state index contributed by atoms with van der Waals surface area (Å²) < 4.78 is 36.0. The van der Waals surface area contributed by atoms with Gasteiger partial charge in [0.2, 0.25) is 0 Å². The van der Waals surface area contributed by atoms with Gasteiger partial charge in [0.05, 0.1) is 29.1 Å². The van der Waals surface area contributed by atoms with Gasteiger partial charge in [-0.05, 0) is 54.6 Å². The van der Waals surface area contributed by atoms with Crippen LogP contribution in [0.5, 0.6) is 6.01 Å². The fourth-order valence-corrected chi connectivity index (χ4v) is 7.84. The van der Waals surface area contributed by atoms with E-state index in [9.17, 15) is 14.3 Å². The van der Waals surface area contributed by atoms with Gasteiger partial charge >= 0.3 is 12.1 Å². The van der Waals surface area contributed by atoms with Crippen molar-refractivity contribution in [1.82, 2.24) is 24.8 Å². The summed E-state index contributed by atoms with van der Waals surface area (Å²) >= 11 is 9.49. The fraction of sp³-hybridized carbons (Fsp3) is 0.600. The average molecular weight is 614 g/mol. The molecule has 1 N–H and O–H groups in total. The van der Waals surface area contributed by atoms with Crippen LogP contribution >= 0.6 is 27.5 Å². The van der Waals surface area contributed by atoms with Gasteiger partial charge in [0, 0.05) is 19.5 Å². The predicted molar refractivity (Wildman–Crippen MR) is 141 cm³/mol. The number of piperazine rings is 1. The minimum atomic E-state index is -0.952. The number of hydrogen-bond donors (Lipinski definition) is 1. The van der Waals surface area contributed by atoms with E-state index in [4.69, 9.17) is 21.3 Å². The Labute approximate surface area is 231 Å². The summed E-state index contributed by atoms with van der Waals surface area (Å²) in [6.07, 6.45) is 3.97. The number of carboxylic acid groups (broad SMARTS) is 1. The van der Waals surface area contributed by atoms with Crippen molar-refractivity contribution in [2.24, 2.45) is 0 Å². The van der Waals surface area contributed by atoms with Gasteiger partial charge < -0.3 is 14.7 Å². The van der Waals surface area contributed by atoms with Crippen molar-refractivity contribution in [3.63, 3.8) is 0 Å². The summed E-state index contributed by atoms with van der Waals surface area (Å²) in [5.74, 6) is -0.402. The van der Waals surface area contributed by atoms with E-state index in [1.54, 1.807) is 6.08 Å². The predicted octanol–water partition coefficient (Wildman–Crippen LogP) is 4.81. The second-order valence-corrected chi connectivity index (χ2v) is 11.8. The summed E-state index contributed by atoms with van der Waals surface area (Å²) in [5, 5.41) is 9.88.